The molecule has 6 heteroatoms. The fourth-order valence-electron chi connectivity index (χ4n) is 6.54. The Morgan fingerprint density at radius 3 is 2.71 bits per heavy atom. The van der Waals surface area contributed by atoms with Gasteiger partial charge in [0.1, 0.15) is 5.82 Å². The predicted octanol–water partition coefficient (Wildman–Crippen LogP) is 3.85. The molecule has 2 bridgehead atoms. The van der Waals surface area contributed by atoms with Crippen molar-refractivity contribution >= 4 is 23.2 Å². The highest BCUT2D eigenvalue weighted by molar-refractivity contribution is 5.99. The van der Waals surface area contributed by atoms with E-state index in [1.807, 2.05) is 23.1 Å². The Bertz CT molecular complexity index is 1110. The zero-order valence-corrected chi connectivity index (χ0v) is 19.6. The summed E-state index contributed by atoms with van der Waals surface area (Å²) in [5.74, 6) is 2.13. The van der Waals surface area contributed by atoms with Gasteiger partial charge >= 0.3 is 0 Å². The summed E-state index contributed by atoms with van der Waals surface area (Å²) in [6.45, 7) is 3.94. The Morgan fingerprint density at radius 2 is 1.88 bits per heavy atom. The highest BCUT2D eigenvalue weighted by atomic mass is 16.2. The summed E-state index contributed by atoms with van der Waals surface area (Å²) in [5.41, 5.74) is 3.26. The van der Waals surface area contributed by atoms with Crippen molar-refractivity contribution in [2.75, 3.05) is 37.6 Å². The smallest absolute Gasteiger partial charge is 0.257 e. The maximum absolute atomic E-state index is 13.6. The number of piperidine rings is 3. The van der Waals surface area contributed by atoms with Crippen LogP contribution < -0.4 is 4.90 Å². The normalized spacial score (nSPS) is 26.7. The van der Waals surface area contributed by atoms with Gasteiger partial charge in [-0.1, -0.05) is 36.4 Å². The van der Waals surface area contributed by atoms with Crippen molar-refractivity contribution in [3.05, 3.63) is 65.9 Å². The molecule has 0 saturated carbocycles. The van der Waals surface area contributed by atoms with Gasteiger partial charge in [0.25, 0.3) is 5.91 Å². The Kier molecular flexibility index (Phi) is 5.60. The third kappa shape index (κ3) is 3.89. The van der Waals surface area contributed by atoms with Crippen LogP contribution in [-0.4, -0.2) is 65.4 Å². The monoisotopic (exact) mass is 456 g/mol. The van der Waals surface area contributed by atoms with Crippen molar-refractivity contribution in [2.24, 2.45) is 11.8 Å². The zero-order valence-electron chi connectivity index (χ0n) is 19.6. The molecule has 0 aliphatic carbocycles. The van der Waals surface area contributed by atoms with E-state index in [0.717, 1.165) is 51.3 Å². The van der Waals surface area contributed by atoms with Crippen LogP contribution in [0.5, 0.6) is 0 Å². The zero-order chi connectivity index (χ0) is 23.1. The van der Waals surface area contributed by atoms with Crippen LogP contribution in [0.25, 0.3) is 5.57 Å². The van der Waals surface area contributed by atoms with E-state index in [4.69, 9.17) is 4.98 Å². The van der Waals surface area contributed by atoms with Crippen LogP contribution in [0.3, 0.4) is 0 Å². The van der Waals surface area contributed by atoms with Gasteiger partial charge in [-0.3, -0.25) is 9.59 Å². The molecule has 0 spiro atoms. The summed E-state index contributed by atoms with van der Waals surface area (Å²) >= 11 is 0. The summed E-state index contributed by atoms with van der Waals surface area (Å²) < 4.78 is 0. The SMILES string of the molecule is O=C(c1cccnc1N1C[C@H]2C[C@H](C1)[C@H]1CCCC(=O)N1C2)N1CC=C(c2ccccc2)CC1. The number of nitrogens with zero attached hydrogens (tertiary/aromatic N) is 4. The summed E-state index contributed by atoms with van der Waals surface area (Å²) in [7, 11) is 0. The van der Waals surface area contributed by atoms with Crippen LogP contribution >= 0.6 is 0 Å². The number of anilines is 1. The lowest BCUT2D eigenvalue weighted by atomic mass is 9.76. The Hall–Kier alpha value is -3.15. The number of benzene rings is 1. The molecule has 3 saturated heterocycles. The lowest BCUT2D eigenvalue weighted by molar-refractivity contribution is -0.142. The van der Waals surface area contributed by atoms with Crippen molar-refractivity contribution in [1.29, 1.82) is 0 Å². The van der Waals surface area contributed by atoms with E-state index in [1.54, 1.807) is 6.20 Å². The number of amides is 2. The Morgan fingerprint density at radius 1 is 1.00 bits per heavy atom. The second kappa shape index (κ2) is 8.90. The van der Waals surface area contributed by atoms with E-state index in [0.29, 0.717) is 42.3 Å². The number of aromatic nitrogens is 1. The Balaban J connectivity index is 1.20. The van der Waals surface area contributed by atoms with Crippen LogP contribution in [0.15, 0.2) is 54.7 Å². The molecule has 34 heavy (non-hydrogen) atoms. The second-order valence-electron chi connectivity index (χ2n) is 10.2. The number of pyridine rings is 1. The molecule has 0 N–H and O–H groups in total. The third-order valence-electron chi connectivity index (χ3n) is 8.14. The standard InChI is InChI=1S/C28H32N4O2/c33-26-10-4-9-25-23-16-20(18-32(25)26)17-31(19-23)27-24(8-5-13-29-27)28(34)30-14-11-22(12-15-30)21-6-2-1-3-7-21/h1-3,5-8,11,13,20,23,25H,4,9-10,12,14-19H2/t20-,23-,25-/m1/s1. The van der Waals surface area contributed by atoms with Crippen LogP contribution in [0.4, 0.5) is 5.82 Å². The van der Waals surface area contributed by atoms with Gasteiger partial charge in [0, 0.05) is 51.4 Å². The van der Waals surface area contributed by atoms with E-state index in [9.17, 15) is 9.59 Å². The minimum absolute atomic E-state index is 0.0664. The van der Waals surface area contributed by atoms with Gasteiger partial charge < -0.3 is 14.7 Å². The van der Waals surface area contributed by atoms with Gasteiger partial charge in [0.05, 0.1) is 5.56 Å². The number of hydrogen-bond acceptors (Lipinski definition) is 4. The molecule has 1 aromatic carbocycles. The second-order valence-corrected chi connectivity index (χ2v) is 10.2. The number of hydrogen-bond donors (Lipinski definition) is 0. The lowest BCUT2D eigenvalue weighted by Crippen LogP contribution is -2.60. The van der Waals surface area contributed by atoms with Crippen molar-refractivity contribution in [3.8, 4) is 0 Å². The van der Waals surface area contributed by atoms with Gasteiger partial charge in [0.15, 0.2) is 0 Å². The summed E-state index contributed by atoms with van der Waals surface area (Å²) in [4.78, 5) is 37.2. The third-order valence-corrected chi connectivity index (χ3v) is 8.14. The molecular weight excluding hydrogens is 424 g/mol. The number of rotatable bonds is 3. The first kappa shape index (κ1) is 21.4. The molecule has 2 aromatic rings. The van der Waals surface area contributed by atoms with Crippen LogP contribution in [-0.2, 0) is 4.79 Å². The lowest BCUT2D eigenvalue weighted by Gasteiger charge is -2.52. The minimum Gasteiger partial charge on any atom is -0.355 e. The fourth-order valence-corrected chi connectivity index (χ4v) is 6.54. The highest BCUT2D eigenvalue weighted by Gasteiger charge is 2.44. The van der Waals surface area contributed by atoms with Crippen molar-refractivity contribution in [3.63, 3.8) is 0 Å². The van der Waals surface area contributed by atoms with Gasteiger partial charge in [-0.15, -0.1) is 0 Å². The topological polar surface area (TPSA) is 56.8 Å². The van der Waals surface area contributed by atoms with Gasteiger partial charge in [-0.05, 0) is 60.8 Å². The molecule has 4 aliphatic rings. The molecule has 2 amide bonds. The summed E-state index contributed by atoms with van der Waals surface area (Å²) in [6.07, 6.45) is 8.85. The summed E-state index contributed by atoms with van der Waals surface area (Å²) in [6, 6.07) is 14.6. The maximum atomic E-state index is 13.6. The van der Waals surface area contributed by atoms with Crippen LogP contribution in [0.1, 0.15) is 48.0 Å². The Labute approximate surface area is 201 Å². The van der Waals surface area contributed by atoms with E-state index in [1.165, 1.54) is 17.6 Å². The minimum atomic E-state index is 0.0664. The number of fused-ring (bicyclic) bond motifs is 4. The molecule has 1 aromatic heterocycles. The quantitative estimate of drug-likeness (QED) is 0.704. The molecule has 5 heterocycles. The average molecular weight is 457 g/mol. The average Bonchev–Trinajstić information content (AvgIpc) is 2.89. The molecular formula is C28H32N4O2. The first-order valence-corrected chi connectivity index (χ1v) is 12.7. The highest BCUT2D eigenvalue weighted by Crippen LogP contribution is 2.39. The molecule has 176 valence electrons. The van der Waals surface area contributed by atoms with Gasteiger partial charge in [0.2, 0.25) is 5.91 Å². The summed E-state index contributed by atoms with van der Waals surface area (Å²) in [5, 5.41) is 0. The molecule has 3 fully saturated rings. The molecule has 3 atom stereocenters. The molecule has 0 radical (unpaired) electrons. The molecule has 4 aliphatic heterocycles. The van der Waals surface area contributed by atoms with E-state index >= 15 is 0 Å². The van der Waals surface area contributed by atoms with Gasteiger partial charge in [-0.25, -0.2) is 4.98 Å². The largest absolute Gasteiger partial charge is 0.355 e. The molecule has 0 unspecified atom stereocenters. The van der Waals surface area contributed by atoms with Crippen molar-refractivity contribution < 1.29 is 9.59 Å². The molecule has 6 rings (SSSR count). The first-order chi connectivity index (χ1) is 16.7. The van der Waals surface area contributed by atoms with Crippen LogP contribution in [0.2, 0.25) is 0 Å². The van der Waals surface area contributed by atoms with Crippen molar-refractivity contribution in [2.45, 2.75) is 38.1 Å². The van der Waals surface area contributed by atoms with E-state index in [-0.39, 0.29) is 5.91 Å². The number of carbonyl (C=O) groups is 2. The van der Waals surface area contributed by atoms with Gasteiger partial charge in [-0.2, -0.15) is 0 Å². The first-order valence-electron chi connectivity index (χ1n) is 12.7. The van der Waals surface area contributed by atoms with E-state index < -0.39 is 0 Å². The molecule has 6 nitrogen and oxygen atoms in total. The van der Waals surface area contributed by atoms with Crippen LogP contribution in [0, 0.1) is 11.8 Å². The number of carbonyl (C=O) groups excluding carboxylic acids is 2. The van der Waals surface area contributed by atoms with Crippen molar-refractivity contribution in [1.82, 2.24) is 14.8 Å². The maximum Gasteiger partial charge on any atom is 0.257 e. The van der Waals surface area contributed by atoms with E-state index in [2.05, 4.69) is 40.1 Å². The fraction of sp³-hybridized carbons (Fsp3) is 0.464. The predicted molar refractivity (Wildman–Crippen MR) is 132 cm³/mol.